The zero-order valence-corrected chi connectivity index (χ0v) is 17.7. The number of carbonyl (C=O) groups is 1. The van der Waals surface area contributed by atoms with E-state index in [-0.39, 0.29) is 25.2 Å². The topological polar surface area (TPSA) is 59.9 Å². The van der Waals surface area contributed by atoms with Crippen molar-refractivity contribution in [2.45, 2.75) is 57.3 Å². The average Bonchev–Trinajstić information content (AvgIpc) is 3.28. The highest BCUT2D eigenvalue weighted by molar-refractivity contribution is 5.77. The van der Waals surface area contributed by atoms with Crippen molar-refractivity contribution in [3.8, 4) is 5.75 Å². The number of aryl methyl sites for hydroxylation is 1. The number of alkyl halides is 3. The molecular weight excluding hydrogens is 421 g/mol. The molecule has 0 bridgehead atoms. The Morgan fingerprint density at radius 3 is 2.34 bits per heavy atom. The lowest BCUT2D eigenvalue weighted by atomic mass is 10.1. The SMILES string of the molecule is O=C(COc1ccc(CCC=NOCc2ccc(C(F)(F)F)cc2)cc1)NC1CCCC1. The fourth-order valence-electron chi connectivity index (χ4n) is 3.48. The largest absolute Gasteiger partial charge is 0.484 e. The van der Waals surface area contributed by atoms with Crippen LogP contribution in [0.4, 0.5) is 13.2 Å². The zero-order chi connectivity index (χ0) is 22.8. The maximum absolute atomic E-state index is 12.5. The number of carbonyl (C=O) groups excluding carboxylic acids is 1. The predicted molar refractivity (Wildman–Crippen MR) is 115 cm³/mol. The molecule has 32 heavy (non-hydrogen) atoms. The van der Waals surface area contributed by atoms with Gasteiger partial charge in [-0.05, 0) is 61.1 Å². The van der Waals surface area contributed by atoms with Gasteiger partial charge in [0.05, 0.1) is 5.56 Å². The molecule has 0 radical (unpaired) electrons. The molecule has 0 atom stereocenters. The van der Waals surface area contributed by atoms with Crippen molar-refractivity contribution in [3.63, 3.8) is 0 Å². The molecule has 0 unspecified atom stereocenters. The molecule has 0 aliphatic heterocycles. The third-order valence-corrected chi connectivity index (χ3v) is 5.24. The summed E-state index contributed by atoms with van der Waals surface area (Å²) in [5.74, 6) is 0.553. The quantitative estimate of drug-likeness (QED) is 0.398. The number of nitrogens with one attached hydrogen (secondary N) is 1. The average molecular weight is 448 g/mol. The lowest BCUT2D eigenvalue weighted by molar-refractivity contribution is -0.137. The van der Waals surface area contributed by atoms with Crippen LogP contribution in [0.25, 0.3) is 0 Å². The van der Waals surface area contributed by atoms with Crippen LogP contribution in [0.3, 0.4) is 0 Å². The van der Waals surface area contributed by atoms with Gasteiger partial charge in [0.1, 0.15) is 12.4 Å². The van der Waals surface area contributed by atoms with Gasteiger partial charge in [-0.25, -0.2) is 0 Å². The Balaban J connectivity index is 1.31. The van der Waals surface area contributed by atoms with Gasteiger partial charge in [-0.2, -0.15) is 13.2 Å². The van der Waals surface area contributed by atoms with E-state index in [0.29, 0.717) is 17.7 Å². The number of hydrogen-bond acceptors (Lipinski definition) is 4. The van der Waals surface area contributed by atoms with Gasteiger partial charge in [0, 0.05) is 12.3 Å². The van der Waals surface area contributed by atoms with Crippen molar-refractivity contribution in [1.82, 2.24) is 5.32 Å². The van der Waals surface area contributed by atoms with Crippen molar-refractivity contribution in [2.24, 2.45) is 5.16 Å². The van der Waals surface area contributed by atoms with Crippen LogP contribution in [0.15, 0.2) is 53.7 Å². The number of benzene rings is 2. The van der Waals surface area contributed by atoms with Crippen molar-refractivity contribution in [1.29, 1.82) is 0 Å². The van der Waals surface area contributed by atoms with Crippen LogP contribution in [0.2, 0.25) is 0 Å². The Kier molecular flexibility index (Phi) is 8.53. The molecule has 172 valence electrons. The summed E-state index contributed by atoms with van der Waals surface area (Å²) in [6.07, 6.45) is 3.11. The molecule has 3 rings (SSSR count). The summed E-state index contributed by atoms with van der Waals surface area (Å²) >= 11 is 0. The first-order valence-corrected chi connectivity index (χ1v) is 10.7. The number of halogens is 3. The van der Waals surface area contributed by atoms with E-state index in [0.717, 1.165) is 37.0 Å². The number of nitrogens with zero attached hydrogens (tertiary/aromatic N) is 1. The lowest BCUT2D eigenvalue weighted by Crippen LogP contribution is -2.36. The normalized spacial score (nSPS) is 14.6. The molecule has 2 aromatic rings. The fourth-order valence-corrected chi connectivity index (χ4v) is 3.48. The van der Waals surface area contributed by atoms with E-state index in [1.165, 1.54) is 25.0 Å². The van der Waals surface area contributed by atoms with Crippen molar-refractivity contribution >= 4 is 12.1 Å². The van der Waals surface area contributed by atoms with Crippen LogP contribution < -0.4 is 10.1 Å². The minimum absolute atomic E-state index is 0.0127. The van der Waals surface area contributed by atoms with Gasteiger partial charge in [-0.15, -0.1) is 0 Å². The lowest BCUT2D eigenvalue weighted by Gasteiger charge is -2.12. The molecule has 1 amide bonds. The van der Waals surface area contributed by atoms with Crippen molar-refractivity contribution < 1.29 is 27.5 Å². The fraction of sp³-hybridized carbons (Fsp3) is 0.417. The van der Waals surface area contributed by atoms with Crippen molar-refractivity contribution in [3.05, 3.63) is 65.2 Å². The number of rotatable bonds is 10. The Labute approximate surface area is 185 Å². The molecular formula is C24H27F3N2O3. The summed E-state index contributed by atoms with van der Waals surface area (Å²) in [6.45, 7) is 0.119. The van der Waals surface area contributed by atoms with E-state index in [2.05, 4.69) is 10.5 Å². The first kappa shape index (κ1) is 23.6. The number of amides is 1. The van der Waals surface area contributed by atoms with Crippen molar-refractivity contribution in [2.75, 3.05) is 6.61 Å². The molecule has 0 heterocycles. The van der Waals surface area contributed by atoms with Gasteiger partial charge < -0.3 is 14.9 Å². The molecule has 1 aliphatic carbocycles. The van der Waals surface area contributed by atoms with Gasteiger partial charge in [-0.1, -0.05) is 42.3 Å². The second-order valence-corrected chi connectivity index (χ2v) is 7.78. The number of ether oxygens (including phenoxy) is 1. The predicted octanol–water partition coefficient (Wildman–Crippen LogP) is 5.28. The Hall–Kier alpha value is -3.03. The third kappa shape index (κ3) is 7.90. The van der Waals surface area contributed by atoms with Crippen LogP contribution >= 0.6 is 0 Å². The van der Waals surface area contributed by atoms with Crippen LogP contribution in [0.1, 0.15) is 48.8 Å². The molecule has 0 saturated heterocycles. The van der Waals surface area contributed by atoms with Gasteiger partial charge >= 0.3 is 6.18 Å². The summed E-state index contributed by atoms with van der Waals surface area (Å²) in [6, 6.07) is 12.6. The van der Waals surface area contributed by atoms with Gasteiger partial charge in [0.2, 0.25) is 0 Å². The van der Waals surface area contributed by atoms with E-state index < -0.39 is 11.7 Å². The van der Waals surface area contributed by atoms with E-state index in [4.69, 9.17) is 9.57 Å². The van der Waals surface area contributed by atoms with E-state index in [1.807, 2.05) is 24.3 Å². The smallest absolute Gasteiger partial charge is 0.416 e. The monoisotopic (exact) mass is 448 g/mol. The van der Waals surface area contributed by atoms with Gasteiger partial charge in [-0.3, -0.25) is 4.79 Å². The molecule has 0 spiro atoms. The van der Waals surface area contributed by atoms with Crippen LogP contribution in [-0.4, -0.2) is 24.8 Å². The Morgan fingerprint density at radius 2 is 1.69 bits per heavy atom. The minimum atomic E-state index is -4.34. The zero-order valence-electron chi connectivity index (χ0n) is 17.7. The standard InChI is InChI=1S/C24H27F3N2O3/c25-24(26,27)20-11-7-19(8-12-20)16-32-28-15-3-4-18-9-13-22(14-10-18)31-17-23(30)29-21-5-1-2-6-21/h7-15,21H,1-6,16-17H2,(H,29,30). The first-order valence-electron chi connectivity index (χ1n) is 10.7. The van der Waals surface area contributed by atoms with E-state index >= 15 is 0 Å². The molecule has 1 fully saturated rings. The molecule has 2 aromatic carbocycles. The molecule has 0 aromatic heterocycles. The number of hydrogen-bond donors (Lipinski definition) is 1. The molecule has 5 nitrogen and oxygen atoms in total. The van der Waals surface area contributed by atoms with E-state index in [9.17, 15) is 18.0 Å². The summed E-state index contributed by atoms with van der Waals surface area (Å²) in [4.78, 5) is 17.0. The summed E-state index contributed by atoms with van der Waals surface area (Å²) in [5, 5.41) is 6.83. The highest BCUT2D eigenvalue weighted by Gasteiger charge is 2.29. The van der Waals surface area contributed by atoms with E-state index in [1.54, 1.807) is 6.21 Å². The summed E-state index contributed by atoms with van der Waals surface area (Å²) in [5.41, 5.74) is 1.01. The summed E-state index contributed by atoms with van der Waals surface area (Å²) < 4.78 is 43.1. The second kappa shape index (κ2) is 11.5. The maximum Gasteiger partial charge on any atom is 0.416 e. The maximum atomic E-state index is 12.5. The number of oxime groups is 1. The van der Waals surface area contributed by atoms with Gasteiger partial charge in [0.25, 0.3) is 5.91 Å². The molecule has 1 aliphatic rings. The van der Waals surface area contributed by atoms with Crippen LogP contribution in [0, 0.1) is 0 Å². The highest BCUT2D eigenvalue weighted by Crippen LogP contribution is 2.29. The minimum Gasteiger partial charge on any atom is -0.484 e. The Morgan fingerprint density at radius 1 is 1.03 bits per heavy atom. The highest BCUT2D eigenvalue weighted by atomic mass is 19.4. The molecule has 1 saturated carbocycles. The second-order valence-electron chi connectivity index (χ2n) is 7.78. The van der Waals surface area contributed by atoms with Crippen LogP contribution in [-0.2, 0) is 28.8 Å². The Bertz CT molecular complexity index is 875. The van der Waals surface area contributed by atoms with Crippen LogP contribution in [0.5, 0.6) is 5.75 Å². The third-order valence-electron chi connectivity index (χ3n) is 5.24. The molecule has 8 heteroatoms. The summed E-state index contributed by atoms with van der Waals surface area (Å²) in [7, 11) is 0. The first-order chi connectivity index (χ1) is 15.4. The van der Waals surface area contributed by atoms with Gasteiger partial charge in [0.15, 0.2) is 6.61 Å². The molecule has 1 N–H and O–H groups in total.